The summed E-state index contributed by atoms with van der Waals surface area (Å²) < 4.78 is 0. The molecular weight excluding hydrogens is 202 g/mol. The summed E-state index contributed by atoms with van der Waals surface area (Å²) in [7, 11) is 0. The fourth-order valence-corrected chi connectivity index (χ4v) is 2.70. The van der Waals surface area contributed by atoms with Crippen LogP contribution >= 0.6 is 0 Å². The molecule has 82 valence electrons. The van der Waals surface area contributed by atoms with E-state index in [0.29, 0.717) is 17.0 Å². The fraction of sp³-hybridized carbons (Fsp3) is 0.385. The summed E-state index contributed by atoms with van der Waals surface area (Å²) in [4.78, 5) is 22.9. The molecule has 1 N–H and O–H groups in total. The zero-order valence-corrected chi connectivity index (χ0v) is 8.95. The van der Waals surface area contributed by atoms with Crippen molar-refractivity contribution in [2.45, 2.75) is 31.6 Å². The molecule has 0 spiro atoms. The van der Waals surface area contributed by atoms with Crippen LogP contribution in [0.2, 0.25) is 0 Å². The Balaban J connectivity index is 2.02. The second-order valence-electron chi connectivity index (χ2n) is 4.57. The molecule has 0 aromatic heterocycles. The average Bonchev–Trinajstić information content (AvgIpc) is 2.88. The summed E-state index contributed by atoms with van der Waals surface area (Å²) in [6.45, 7) is 0. The maximum Gasteiger partial charge on any atom is 0.258 e. The van der Waals surface area contributed by atoms with Crippen molar-refractivity contribution in [3.05, 3.63) is 34.9 Å². The van der Waals surface area contributed by atoms with E-state index in [1.807, 2.05) is 12.1 Å². The van der Waals surface area contributed by atoms with Gasteiger partial charge < -0.3 is 0 Å². The first kappa shape index (κ1) is 9.58. The monoisotopic (exact) mass is 215 g/mol. The minimum Gasteiger partial charge on any atom is -0.288 e. The highest BCUT2D eigenvalue weighted by molar-refractivity contribution is 6.21. The third-order valence-electron chi connectivity index (χ3n) is 3.59. The average molecular weight is 215 g/mol. The van der Waals surface area contributed by atoms with Gasteiger partial charge in [0.2, 0.25) is 0 Å². The summed E-state index contributed by atoms with van der Waals surface area (Å²) >= 11 is 0. The molecular formula is C13H13NO2. The molecule has 2 aliphatic rings. The normalized spacial score (nSPS) is 20.0. The molecule has 1 heterocycles. The minimum absolute atomic E-state index is 0.250. The molecule has 1 aromatic carbocycles. The number of hydrogen-bond acceptors (Lipinski definition) is 2. The van der Waals surface area contributed by atoms with Gasteiger partial charge in [-0.05, 0) is 36.5 Å². The van der Waals surface area contributed by atoms with Crippen LogP contribution in [0.5, 0.6) is 0 Å². The van der Waals surface area contributed by atoms with Gasteiger partial charge in [-0.3, -0.25) is 14.9 Å². The minimum atomic E-state index is -0.266. The number of benzene rings is 1. The smallest absolute Gasteiger partial charge is 0.258 e. The van der Waals surface area contributed by atoms with Gasteiger partial charge in [0.25, 0.3) is 11.8 Å². The molecule has 0 bridgehead atoms. The topological polar surface area (TPSA) is 46.2 Å². The number of fused-ring (bicyclic) bond motifs is 1. The lowest BCUT2D eigenvalue weighted by atomic mass is 9.94. The van der Waals surface area contributed by atoms with Crippen LogP contribution in [0.4, 0.5) is 0 Å². The quantitative estimate of drug-likeness (QED) is 0.730. The number of carbonyl (C=O) groups excluding carboxylic acids is 2. The molecule has 0 unspecified atom stereocenters. The summed E-state index contributed by atoms with van der Waals surface area (Å²) in [5, 5.41) is 2.32. The maximum atomic E-state index is 11.5. The second-order valence-corrected chi connectivity index (χ2v) is 4.57. The van der Waals surface area contributed by atoms with Crippen LogP contribution in [0.15, 0.2) is 18.2 Å². The Bertz CT molecular complexity index is 473. The van der Waals surface area contributed by atoms with E-state index in [-0.39, 0.29) is 11.8 Å². The van der Waals surface area contributed by atoms with Crippen molar-refractivity contribution in [1.29, 1.82) is 0 Å². The van der Waals surface area contributed by atoms with E-state index in [1.165, 1.54) is 31.2 Å². The lowest BCUT2D eigenvalue weighted by Gasteiger charge is -2.09. The number of amides is 2. The van der Waals surface area contributed by atoms with Crippen molar-refractivity contribution in [2.75, 3.05) is 0 Å². The second kappa shape index (κ2) is 3.44. The van der Waals surface area contributed by atoms with Gasteiger partial charge in [0.05, 0.1) is 11.1 Å². The van der Waals surface area contributed by atoms with E-state index in [1.54, 1.807) is 6.07 Å². The molecule has 0 saturated heterocycles. The van der Waals surface area contributed by atoms with Crippen LogP contribution in [-0.4, -0.2) is 11.8 Å². The van der Waals surface area contributed by atoms with Crippen LogP contribution in [0.1, 0.15) is 57.9 Å². The lowest BCUT2D eigenvalue weighted by Crippen LogP contribution is -2.19. The van der Waals surface area contributed by atoms with Gasteiger partial charge in [-0.2, -0.15) is 0 Å². The molecule has 1 aliphatic heterocycles. The van der Waals surface area contributed by atoms with Crippen LogP contribution < -0.4 is 5.32 Å². The number of imide groups is 1. The Kier molecular flexibility index (Phi) is 2.06. The summed E-state index contributed by atoms with van der Waals surface area (Å²) in [5.41, 5.74) is 2.28. The van der Waals surface area contributed by atoms with Gasteiger partial charge in [-0.1, -0.05) is 18.9 Å². The molecule has 0 atom stereocenters. The largest absolute Gasteiger partial charge is 0.288 e. The standard InChI is InChI=1S/C13H13NO2/c15-12-10-6-5-9(8-3-1-2-4-8)7-11(10)13(16)14-12/h5-8H,1-4H2,(H,14,15,16). The summed E-state index contributed by atoms with van der Waals surface area (Å²) in [5.74, 6) is 0.0617. The van der Waals surface area contributed by atoms with Gasteiger partial charge in [0.15, 0.2) is 0 Å². The third-order valence-corrected chi connectivity index (χ3v) is 3.59. The van der Waals surface area contributed by atoms with Gasteiger partial charge >= 0.3 is 0 Å². The summed E-state index contributed by atoms with van der Waals surface area (Å²) in [6, 6.07) is 5.67. The predicted octanol–water partition coefficient (Wildman–Crippen LogP) is 2.23. The zero-order chi connectivity index (χ0) is 11.1. The van der Waals surface area contributed by atoms with Crippen molar-refractivity contribution in [1.82, 2.24) is 5.32 Å². The van der Waals surface area contributed by atoms with E-state index < -0.39 is 0 Å². The fourth-order valence-electron chi connectivity index (χ4n) is 2.70. The molecule has 3 rings (SSSR count). The van der Waals surface area contributed by atoms with E-state index in [4.69, 9.17) is 0 Å². The zero-order valence-electron chi connectivity index (χ0n) is 8.95. The number of rotatable bonds is 1. The number of hydrogen-bond donors (Lipinski definition) is 1. The van der Waals surface area contributed by atoms with Crippen LogP contribution in [0.3, 0.4) is 0 Å². The Morgan fingerprint density at radius 3 is 2.44 bits per heavy atom. The van der Waals surface area contributed by atoms with Crippen molar-refractivity contribution >= 4 is 11.8 Å². The van der Waals surface area contributed by atoms with Crippen molar-refractivity contribution in [3.63, 3.8) is 0 Å². The molecule has 1 aliphatic carbocycles. The van der Waals surface area contributed by atoms with E-state index in [0.717, 1.165) is 0 Å². The first-order valence-electron chi connectivity index (χ1n) is 5.75. The molecule has 16 heavy (non-hydrogen) atoms. The molecule has 1 fully saturated rings. The van der Waals surface area contributed by atoms with Gasteiger partial charge in [-0.15, -0.1) is 0 Å². The molecule has 0 radical (unpaired) electrons. The Morgan fingerprint density at radius 1 is 1.00 bits per heavy atom. The third kappa shape index (κ3) is 1.35. The first-order chi connectivity index (χ1) is 7.75. The SMILES string of the molecule is O=C1NC(=O)c2cc(C3CCCC3)ccc21. The molecule has 3 heteroatoms. The lowest BCUT2D eigenvalue weighted by molar-refractivity contribution is 0.0879. The van der Waals surface area contributed by atoms with Gasteiger partial charge in [0.1, 0.15) is 0 Å². The Morgan fingerprint density at radius 2 is 1.69 bits per heavy atom. The highest BCUT2D eigenvalue weighted by Gasteiger charge is 2.28. The molecule has 1 aromatic rings. The van der Waals surface area contributed by atoms with Crippen LogP contribution in [0.25, 0.3) is 0 Å². The number of carbonyl (C=O) groups is 2. The Hall–Kier alpha value is -1.64. The predicted molar refractivity (Wildman–Crippen MR) is 59.4 cm³/mol. The van der Waals surface area contributed by atoms with Crippen molar-refractivity contribution < 1.29 is 9.59 Å². The van der Waals surface area contributed by atoms with Crippen LogP contribution in [0, 0.1) is 0 Å². The van der Waals surface area contributed by atoms with Gasteiger partial charge in [0, 0.05) is 0 Å². The van der Waals surface area contributed by atoms with Gasteiger partial charge in [-0.25, -0.2) is 0 Å². The van der Waals surface area contributed by atoms with Crippen molar-refractivity contribution in [3.8, 4) is 0 Å². The Labute approximate surface area is 93.8 Å². The van der Waals surface area contributed by atoms with E-state index in [2.05, 4.69) is 5.32 Å². The highest BCUT2D eigenvalue weighted by Crippen LogP contribution is 2.35. The molecule has 1 saturated carbocycles. The summed E-state index contributed by atoms with van der Waals surface area (Å²) in [6.07, 6.45) is 4.95. The van der Waals surface area contributed by atoms with E-state index >= 15 is 0 Å². The molecule has 2 amide bonds. The first-order valence-corrected chi connectivity index (χ1v) is 5.75. The number of nitrogens with one attached hydrogen (secondary N) is 1. The maximum absolute atomic E-state index is 11.5. The van der Waals surface area contributed by atoms with Crippen molar-refractivity contribution in [2.24, 2.45) is 0 Å². The molecule has 3 nitrogen and oxygen atoms in total. The highest BCUT2D eigenvalue weighted by atomic mass is 16.2. The van der Waals surface area contributed by atoms with Crippen LogP contribution in [-0.2, 0) is 0 Å². The van der Waals surface area contributed by atoms with E-state index in [9.17, 15) is 9.59 Å².